The van der Waals surface area contributed by atoms with Crippen molar-refractivity contribution in [2.75, 3.05) is 18.4 Å². The van der Waals surface area contributed by atoms with Crippen LogP contribution in [0.5, 0.6) is 0 Å². The predicted octanol–water partition coefficient (Wildman–Crippen LogP) is 3.62. The normalized spacial score (nSPS) is 16.1. The Bertz CT molecular complexity index is 1060. The number of rotatable bonds is 5. The number of nitrogens with one attached hydrogen (secondary N) is 2. The Morgan fingerprint density at radius 3 is 2.80 bits per heavy atom. The number of H-pyrrole nitrogens is 1. The Hall–Kier alpha value is -3.74. The minimum absolute atomic E-state index is 0.0581. The zero-order valence-electron chi connectivity index (χ0n) is 16.5. The van der Waals surface area contributed by atoms with E-state index in [1.807, 2.05) is 35.2 Å². The van der Waals surface area contributed by atoms with Crippen LogP contribution in [0.3, 0.4) is 0 Å². The lowest BCUT2D eigenvalue weighted by Crippen LogP contribution is -2.39. The molecule has 2 aromatic carbocycles. The minimum Gasteiger partial charge on any atom is -0.338 e. The van der Waals surface area contributed by atoms with Crippen molar-refractivity contribution in [3.05, 3.63) is 78.6 Å². The van der Waals surface area contributed by atoms with Gasteiger partial charge in [0.25, 0.3) is 5.91 Å². The third-order valence-electron chi connectivity index (χ3n) is 5.19. The maximum atomic E-state index is 13.1. The lowest BCUT2D eigenvalue weighted by atomic mass is 9.96. The summed E-state index contributed by atoms with van der Waals surface area (Å²) in [5, 5.41) is 10.1. The van der Waals surface area contributed by atoms with Crippen LogP contribution in [0.25, 0.3) is 11.4 Å². The van der Waals surface area contributed by atoms with Crippen molar-refractivity contribution in [3.8, 4) is 11.4 Å². The largest absolute Gasteiger partial charge is 0.338 e. The molecule has 1 unspecified atom stereocenters. The van der Waals surface area contributed by atoms with Crippen molar-refractivity contribution >= 4 is 17.5 Å². The smallest absolute Gasteiger partial charge is 0.253 e. The Labute approximate surface area is 174 Å². The number of likely N-dealkylation sites (tertiary alicyclic amines) is 1. The number of aromatic amines is 1. The van der Waals surface area contributed by atoms with Crippen LogP contribution in [0.2, 0.25) is 0 Å². The Kier molecular flexibility index (Phi) is 5.70. The van der Waals surface area contributed by atoms with Crippen LogP contribution in [0, 0.1) is 0 Å². The first-order valence-electron chi connectivity index (χ1n) is 9.94. The van der Waals surface area contributed by atoms with E-state index in [9.17, 15) is 9.59 Å². The van der Waals surface area contributed by atoms with Crippen LogP contribution in [-0.2, 0) is 4.79 Å². The number of benzene rings is 2. The molecular weight excluding hydrogens is 378 g/mol. The number of aromatic nitrogens is 3. The average molecular weight is 401 g/mol. The van der Waals surface area contributed by atoms with E-state index in [1.54, 1.807) is 24.3 Å². The molecule has 7 heteroatoms. The van der Waals surface area contributed by atoms with Crippen LogP contribution in [-0.4, -0.2) is 45.0 Å². The zero-order chi connectivity index (χ0) is 20.9. The quantitative estimate of drug-likeness (QED) is 0.639. The van der Waals surface area contributed by atoms with Gasteiger partial charge in [0, 0.05) is 35.8 Å². The summed E-state index contributed by atoms with van der Waals surface area (Å²) >= 11 is 0. The monoisotopic (exact) mass is 401 g/mol. The van der Waals surface area contributed by atoms with Gasteiger partial charge < -0.3 is 10.2 Å². The molecule has 30 heavy (non-hydrogen) atoms. The molecule has 0 radical (unpaired) electrons. The summed E-state index contributed by atoms with van der Waals surface area (Å²) in [7, 11) is 0. The Morgan fingerprint density at radius 1 is 1.17 bits per heavy atom. The highest BCUT2D eigenvalue weighted by atomic mass is 16.2. The third kappa shape index (κ3) is 4.30. The standard InChI is InChI=1S/C23H23N5O2/c1-2-20(29)24-19-12-6-10-17(14-19)23(30)28-13-7-11-18(15-28)22-25-21(26-27-22)16-8-4-3-5-9-16/h2-6,8-10,12,14,18H,1,7,11,13,15H2,(H,24,29)(H,25,26,27). The zero-order valence-corrected chi connectivity index (χ0v) is 16.5. The van der Waals surface area contributed by atoms with Gasteiger partial charge in [-0.15, -0.1) is 0 Å². The molecule has 4 rings (SSSR count). The van der Waals surface area contributed by atoms with E-state index >= 15 is 0 Å². The third-order valence-corrected chi connectivity index (χ3v) is 5.19. The van der Waals surface area contributed by atoms with Gasteiger partial charge in [-0.1, -0.05) is 43.0 Å². The summed E-state index contributed by atoms with van der Waals surface area (Å²) in [5.74, 6) is 1.21. The van der Waals surface area contributed by atoms with Crippen LogP contribution >= 0.6 is 0 Å². The molecule has 0 aliphatic carbocycles. The van der Waals surface area contributed by atoms with Gasteiger partial charge in [0.2, 0.25) is 5.91 Å². The molecule has 1 fully saturated rings. The van der Waals surface area contributed by atoms with Crippen LogP contribution in [0.15, 0.2) is 67.3 Å². The molecule has 7 nitrogen and oxygen atoms in total. The summed E-state index contributed by atoms with van der Waals surface area (Å²) in [6.45, 7) is 4.71. The number of piperidine rings is 1. The molecule has 0 bridgehead atoms. The van der Waals surface area contributed by atoms with Gasteiger partial charge in [0.05, 0.1) is 0 Å². The van der Waals surface area contributed by atoms with Gasteiger partial charge in [-0.25, -0.2) is 4.98 Å². The van der Waals surface area contributed by atoms with E-state index in [0.717, 1.165) is 24.2 Å². The summed E-state index contributed by atoms with van der Waals surface area (Å²) in [5.41, 5.74) is 2.07. The predicted molar refractivity (Wildman–Crippen MR) is 115 cm³/mol. The maximum absolute atomic E-state index is 13.1. The van der Waals surface area contributed by atoms with Crippen molar-refractivity contribution in [3.63, 3.8) is 0 Å². The number of amides is 2. The fourth-order valence-electron chi connectivity index (χ4n) is 3.66. The van der Waals surface area contributed by atoms with E-state index in [2.05, 4.69) is 27.1 Å². The number of anilines is 1. The highest BCUT2D eigenvalue weighted by Gasteiger charge is 2.28. The van der Waals surface area contributed by atoms with Crippen LogP contribution < -0.4 is 5.32 Å². The Balaban J connectivity index is 1.47. The highest BCUT2D eigenvalue weighted by Crippen LogP contribution is 2.27. The summed E-state index contributed by atoms with van der Waals surface area (Å²) in [6, 6.07) is 16.8. The Morgan fingerprint density at radius 2 is 2.00 bits per heavy atom. The highest BCUT2D eigenvalue weighted by molar-refractivity contribution is 6.00. The van der Waals surface area contributed by atoms with Crippen molar-refractivity contribution in [2.45, 2.75) is 18.8 Å². The number of nitrogens with zero attached hydrogens (tertiary/aromatic N) is 3. The molecule has 2 heterocycles. The van der Waals surface area contributed by atoms with E-state index < -0.39 is 0 Å². The second-order valence-electron chi connectivity index (χ2n) is 7.27. The maximum Gasteiger partial charge on any atom is 0.253 e. The second-order valence-corrected chi connectivity index (χ2v) is 7.27. The van der Waals surface area contributed by atoms with Gasteiger partial charge >= 0.3 is 0 Å². The molecule has 1 saturated heterocycles. The van der Waals surface area contributed by atoms with Crippen LogP contribution in [0.4, 0.5) is 5.69 Å². The van der Waals surface area contributed by atoms with E-state index in [-0.39, 0.29) is 17.7 Å². The van der Waals surface area contributed by atoms with Crippen LogP contribution in [0.1, 0.15) is 34.9 Å². The van der Waals surface area contributed by atoms with Crippen molar-refractivity contribution in [1.82, 2.24) is 20.1 Å². The summed E-state index contributed by atoms with van der Waals surface area (Å²) in [6.07, 6.45) is 3.04. The second kappa shape index (κ2) is 8.73. The SMILES string of the molecule is C=CC(=O)Nc1cccc(C(=O)N2CCCC(c3nc(-c4ccccc4)n[nH]3)C2)c1. The molecule has 2 amide bonds. The van der Waals surface area contributed by atoms with Crippen molar-refractivity contribution in [1.29, 1.82) is 0 Å². The first kappa shape index (κ1) is 19.6. The van der Waals surface area contributed by atoms with Gasteiger partial charge in [0.1, 0.15) is 5.82 Å². The number of hydrogen-bond acceptors (Lipinski definition) is 4. The first-order valence-corrected chi connectivity index (χ1v) is 9.94. The van der Waals surface area contributed by atoms with E-state index in [0.29, 0.717) is 30.2 Å². The molecule has 1 atom stereocenters. The summed E-state index contributed by atoms with van der Waals surface area (Å²) < 4.78 is 0. The molecule has 0 saturated carbocycles. The number of carbonyl (C=O) groups is 2. The minimum atomic E-state index is -0.308. The molecule has 1 aromatic heterocycles. The lowest BCUT2D eigenvalue weighted by Gasteiger charge is -2.31. The molecule has 1 aliphatic rings. The van der Waals surface area contributed by atoms with Gasteiger partial charge in [-0.05, 0) is 37.1 Å². The average Bonchev–Trinajstić information content (AvgIpc) is 3.30. The van der Waals surface area contributed by atoms with Gasteiger partial charge in [0.15, 0.2) is 5.82 Å². The molecular formula is C23H23N5O2. The summed E-state index contributed by atoms with van der Waals surface area (Å²) in [4.78, 5) is 31.1. The fraction of sp³-hybridized carbons (Fsp3) is 0.217. The fourth-order valence-corrected chi connectivity index (χ4v) is 3.66. The number of hydrogen-bond donors (Lipinski definition) is 2. The molecule has 1 aliphatic heterocycles. The van der Waals surface area contributed by atoms with Gasteiger partial charge in [-0.3, -0.25) is 14.7 Å². The molecule has 0 spiro atoms. The van der Waals surface area contributed by atoms with Gasteiger partial charge in [-0.2, -0.15) is 5.10 Å². The molecule has 152 valence electrons. The van der Waals surface area contributed by atoms with Crippen molar-refractivity contribution < 1.29 is 9.59 Å². The molecule has 3 aromatic rings. The lowest BCUT2D eigenvalue weighted by molar-refractivity contribution is -0.111. The molecule has 2 N–H and O–H groups in total. The first-order chi connectivity index (χ1) is 14.6. The number of carbonyl (C=O) groups excluding carboxylic acids is 2. The van der Waals surface area contributed by atoms with E-state index in [1.165, 1.54) is 6.08 Å². The topological polar surface area (TPSA) is 91.0 Å². The van der Waals surface area contributed by atoms with E-state index in [4.69, 9.17) is 0 Å². The van der Waals surface area contributed by atoms with Crippen molar-refractivity contribution in [2.24, 2.45) is 0 Å².